The first-order valence-corrected chi connectivity index (χ1v) is 8.88. The average molecular weight is 350 g/mol. The molecule has 2 amide bonds. The first kappa shape index (κ1) is 17.4. The van der Waals surface area contributed by atoms with Crippen LogP contribution < -0.4 is 10.6 Å². The molecule has 6 nitrogen and oxygen atoms in total. The molecule has 0 bridgehead atoms. The van der Waals surface area contributed by atoms with Crippen molar-refractivity contribution in [3.63, 3.8) is 0 Å². The third-order valence-corrected chi connectivity index (χ3v) is 4.74. The van der Waals surface area contributed by atoms with Crippen LogP contribution in [-0.2, 0) is 4.79 Å². The van der Waals surface area contributed by atoms with E-state index in [4.69, 9.17) is 0 Å². The monoisotopic (exact) mass is 350 g/mol. The summed E-state index contributed by atoms with van der Waals surface area (Å²) in [6.45, 7) is 5.79. The van der Waals surface area contributed by atoms with E-state index in [-0.39, 0.29) is 28.6 Å². The van der Waals surface area contributed by atoms with E-state index in [9.17, 15) is 9.59 Å². The van der Waals surface area contributed by atoms with Crippen molar-refractivity contribution in [2.24, 2.45) is 0 Å². The van der Waals surface area contributed by atoms with Crippen LogP contribution in [0, 0.1) is 6.92 Å². The van der Waals surface area contributed by atoms with E-state index in [0.29, 0.717) is 10.0 Å². The molecule has 2 rings (SSSR count). The van der Waals surface area contributed by atoms with Gasteiger partial charge in [-0.05, 0) is 32.9 Å². The highest BCUT2D eigenvalue weighted by Gasteiger charge is 2.14. The summed E-state index contributed by atoms with van der Waals surface area (Å²) in [6, 6.07) is 7.61. The van der Waals surface area contributed by atoms with Crippen LogP contribution in [0.15, 0.2) is 28.6 Å². The molecule has 2 aromatic rings. The summed E-state index contributed by atoms with van der Waals surface area (Å²) in [5.41, 5.74) is 1.83. The Kier molecular flexibility index (Phi) is 6.12. The second-order valence-corrected chi connectivity index (χ2v) is 7.40. The number of carbonyl (C=O) groups excluding carboxylic acids is 2. The molecule has 0 radical (unpaired) electrons. The van der Waals surface area contributed by atoms with Crippen LogP contribution in [0.5, 0.6) is 0 Å². The molecule has 23 heavy (non-hydrogen) atoms. The zero-order valence-corrected chi connectivity index (χ0v) is 14.8. The number of hydrogen-bond acceptors (Lipinski definition) is 6. The minimum absolute atomic E-state index is 0.0640. The molecule has 1 aromatic heterocycles. The number of carbonyl (C=O) groups is 2. The maximum atomic E-state index is 12.1. The van der Waals surface area contributed by atoms with Crippen LogP contribution in [0.25, 0.3) is 0 Å². The quantitative estimate of drug-likeness (QED) is 0.783. The minimum atomic E-state index is -0.301. The van der Waals surface area contributed by atoms with E-state index in [2.05, 4.69) is 20.8 Å². The van der Waals surface area contributed by atoms with Gasteiger partial charge in [-0.1, -0.05) is 40.8 Å². The number of thioether (sulfide) groups is 1. The van der Waals surface area contributed by atoms with Gasteiger partial charge in [0.05, 0.1) is 5.75 Å². The molecular weight excluding hydrogens is 332 g/mol. The summed E-state index contributed by atoms with van der Waals surface area (Å²) in [5.74, 6) is -0.109. The van der Waals surface area contributed by atoms with Gasteiger partial charge >= 0.3 is 0 Å². The topological polar surface area (TPSA) is 84.0 Å². The summed E-state index contributed by atoms with van der Waals surface area (Å²) in [4.78, 5) is 23.7. The standard InChI is InChI=1S/C15H18N4O2S2/c1-9(2)16-12(20)8-22-15-19-18-14(23-15)13(21)17-11-6-4-10(3)5-7-11/h4-7,9H,8H2,1-3H3,(H,16,20)(H,17,21). The summed E-state index contributed by atoms with van der Waals surface area (Å²) in [7, 11) is 0. The summed E-state index contributed by atoms with van der Waals surface area (Å²) in [5, 5.41) is 13.7. The Morgan fingerprint density at radius 2 is 1.91 bits per heavy atom. The summed E-state index contributed by atoms with van der Waals surface area (Å²) < 4.78 is 0.595. The molecule has 8 heteroatoms. The summed E-state index contributed by atoms with van der Waals surface area (Å²) >= 11 is 2.44. The van der Waals surface area contributed by atoms with Crippen molar-refractivity contribution in [3.8, 4) is 0 Å². The van der Waals surface area contributed by atoms with E-state index in [1.165, 1.54) is 23.1 Å². The summed E-state index contributed by atoms with van der Waals surface area (Å²) in [6.07, 6.45) is 0. The third-order valence-electron chi connectivity index (χ3n) is 2.69. The molecular formula is C15H18N4O2S2. The smallest absolute Gasteiger partial charge is 0.286 e. The van der Waals surface area contributed by atoms with E-state index in [1.807, 2.05) is 45.0 Å². The number of hydrogen-bond donors (Lipinski definition) is 2. The van der Waals surface area contributed by atoms with Crippen LogP contribution in [0.3, 0.4) is 0 Å². The molecule has 2 N–H and O–H groups in total. The Morgan fingerprint density at radius 3 is 2.57 bits per heavy atom. The lowest BCUT2D eigenvalue weighted by molar-refractivity contribution is -0.119. The molecule has 1 heterocycles. The Balaban J connectivity index is 1.89. The lowest BCUT2D eigenvalue weighted by Gasteiger charge is -2.06. The van der Waals surface area contributed by atoms with Crippen LogP contribution in [0.2, 0.25) is 0 Å². The van der Waals surface area contributed by atoms with Gasteiger partial charge in [-0.3, -0.25) is 9.59 Å². The van der Waals surface area contributed by atoms with Crippen molar-refractivity contribution in [1.82, 2.24) is 15.5 Å². The number of nitrogens with zero attached hydrogens (tertiary/aromatic N) is 2. The van der Waals surface area contributed by atoms with Gasteiger partial charge in [0.25, 0.3) is 5.91 Å². The fourth-order valence-corrected chi connectivity index (χ4v) is 3.23. The lowest BCUT2D eigenvalue weighted by Crippen LogP contribution is -2.31. The molecule has 0 aliphatic rings. The van der Waals surface area contributed by atoms with Gasteiger partial charge in [0.1, 0.15) is 0 Å². The Morgan fingerprint density at radius 1 is 1.22 bits per heavy atom. The van der Waals surface area contributed by atoms with Crippen molar-refractivity contribution in [1.29, 1.82) is 0 Å². The molecule has 0 saturated carbocycles. The van der Waals surface area contributed by atoms with Gasteiger partial charge < -0.3 is 10.6 Å². The molecule has 0 aliphatic heterocycles. The maximum absolute atomic E-state index is 12.1. The average Bonchev–Trinajstić information content (AvgIpc) is 2.96. The first-order valence-electron chi connectivity index (χ1n) is 7.07. The SMILES string of the molecule is Cc1ccc(NC(=O)c2nnc(SCC(=O)NC(C)C)s2)cc1. The predicted molar refractivity (Wildman–Crippen MR) is 93.0 cm³/mol. The van der Waals surface area contributed by atoms with Gasteiger partial charge in [-0.15, -0.1) is 10.2 Å². The number of nitrogens with one attached hydrogen (secondary N) is 2. The second-order valence-electron chi connectivity index (χ2n) is 5.20. The van der Waals surface area contributed by atoms with Crippen LogP contribution >= 0.6 is 23.1 Å². The van der Waals surface area contributed by atoms with Crippen molar-refractivity contribution in [2.75, 3.05) is 11.1 Å². The molecule has 122 valence electrons. The first-order chi connectivity index (χ1) is 10.9. The molecule has 0 spiro atoms. The van der Waals surface area contributed by atoms with Crippen molar-refractivity contribution < 1.29 is 9.59 Å². The van der Waals surface area contributed by atoms with Crippen molar-refractivity contribution in [2.45, 2.75) is 31.2 Å². The number of benzene rings is 1. The maximum Gasteiger partial charge on any atom is 0.286 e. The Hall–Kier alpha value is -1.93. The van der Waals surface area contributed by atoms with Gasteiger partial charge in [-0.25, -0.2) is 0 Å². The third kappa shape index (κ3) is 5.65. The highest BCUT2D eigenvalue weighted by Crippen LogP contribution is 2.23. The molecule has 0 saturated heterocycles. The van der Waals surface area contributed by atoms with Gasteiger partial charge in [0, 0.05) is 11.7 Å². The largest absolute Gasteiger partial charge is 0.353 e. The number of amides is 2. The van der Waals surface area contributed by atoms with Crippen LogP contribution in [0.4, 0.5) is 5.69 Å². The second kappa shape index (κ2) is 8.07. The molecule has 0 unspecified atom stereocenters. The fraction of sp³-hybridized carbons (Fsp3) is 0.333. The number of rotatable bonds is 6. The van der Waals surface area contributed by atoms with E-state index >= 15 is 0 Å². The highest BCUT2D eigenvalue weighted by molar-refractivity contribution is 8.01. The number of aryl methyl sites for hydroxylation is 1. The molecule has 0 atom stereocenters. The van der Waals surface area contributed by atoms with E-state index in [1.54, 1.807) is 0 Å². The van der Waals surface area contributed by atoms with Crippen LogP contribution in [-0.4, -0.2) is 33.8 Å². The van der Waals surface area contributed by atoms with Gasteiger partial charge in [0.2, 0.25) is 10.9 Å². The lowest BCUT2D eigenvalue weighted by atomic mass is 10.2. The van der Waals surface area contributed by atoms with E-state index in [0.717, 1.165) is 5.56 Å². The van der Waals surface area contributed by atoms with Gasteiger partial charge in [0.15, 0.2) is 4.34 Å². The van der Waals surface area contributed by atoms with Crippen LogP contribution in [0.1, 0.15) is 29.2 Å². The fourth-order valence-electron chi connectivity index (χ4n) is 1.67. The predicted octanol–water partition coefficient (Wildman–Crippen LogP) is 2.72. The minimum Gasteiger partial charge on any atom is -0.353 e. The highest BCUT2D eigenvalue weighted by atomic mass is 32.2. The zero-order valence-electron chi connectivity index (χ0n) is 13.1. The molecule has 0 fully saturated rings. The molecule has 0 aliphatic carbocycles. The van der Waals surface area contributed by atoms with Crippen molar-refractivity contribution in [3.05, 3.63) is 34.8 Å². The number of anilines is 1. The zero-order chi connectivity index (χ0) is 16.8. The van der Waals surface area contributed by atoms with E-state index < -0.39 is 0 Å². The number of aromatic nitrogens is 2. The van der Waals surface area contributed by atoms with Gasteiger partial charge in [-0.2, -0.15) is 0 Å². The molecule has 1 aromatic carbocycles. The normalized spacial score (nSPS) is 10.6. The Labute approximate surface area is 143 Å². The Bertz CT molecular complexity index is 683. The van der Waals surface area contributed by atoms with Crippen molar-refractivity contribution >= 4 is 40.6 Å².